The molecule has 3 rings (SSSR count). The van der Waals surface area contributed by atoms with Gasteiger partial charge in [-0.15, -0.1) is 11.8 Å². The predicted octanol–water partition coefficient (Wildman–Crippen LogP) is 3.98. The maximum absolute atomic E-state index is 5.69. The number of oxazole rings is 1. The Morgan fingerprint density at radius 2 is 2.05 bits per heavy atom. The Hall–Kier alpha value is -1.79. The first kappa shape index (κ1) is 13.2. The Kier molecular flexibility index (Phi) is 3.75. The molecule has 102 valence electrons. The SMILES string of the molecule is Cc1nc(N)sc1SCc1coc(-c2ccccc2)n1. The molecule has 20 heavy (non-hydrogen) atoms. The van der Waals surface area contributed by atoms with Crippen LogP contribution in [0.1, 0.15) is 11.4 Å². The van der Waals surface area contributed by atoms with Gasteiger partial charge in [-0.2, -0.15) is 0 Å². The number of rotatable bonds is 4. The standard InChI is InChI=1S/C14H13N3OS2/c1-9-13(20-14(15)16-9)19-8-11-7-18-12(17-11)10-5-3-2-4-6-10/h2-7H,8H2,1H3,(H2,15,16). The lowest BCUT2D eigenvalue weighted by Crippen LogP contribution is -1.82. The summed E-state index contributed by atoms with van der Waals surface area (Å²) in [6.07, 6.45) is 1.70. The van der Waals surface area contributed by atoms with Gasteiger partial charge < -0.3 is 10.2 Å². The molecule has 0 aliphatic carbocycles. The van der Waals surface area contributed by atoms with Crippen molar-refractivity contribution in [2.75, 3.05) is 5.73 Å². The number of nitrogens with two attached hydrogens (primary N) is 1. The number of thiazole rings is 1. The van der Waals surface area contributed by atoms with Gasteiger partial charge in [0, 0.05) is 11.3 Å². The van der Waals surface area contributed by atoms with Crippen LogP contribution in [-0.4, -0.2) is 9.97 Å². The fourth-order valence-electron chi connectivity index (χ4n) is 1.76. The van der Waals surface area contributed by atoms with Crippen LogP contribution >= 0.6 is 23.1 Å². The summed E-state index contributed by atoms with van der Waals surface area (Å²) < 4.78 is 6.64. The number of benzene rings is 1. The van der Waals surface area contributed by atoms with E-state index >= 15 is 0 Å². The predicted molar refractivity (Wildman–Crippen MR) is 82.8 cm³/mol. The van der Waals surface area contributed by atoms with Crippen LogP contribution in [0.4, 0.5) is 5.13 Å². The fourth-order valence-corrected chi connectivity index (χ4v) is 3.66. The number of aryl methyl sites for hydroxylation is 1. The zero-order valence-corrected chi connectivity index (χ0v) is 12.5. The molecule has 0 radical (unpaired) electrons. The van der Waals surface area contributed by atoms with Gasteiger partial charge in [-0.1, -0.05) is 29.5 Å². The average molecular weight is 303 g/mol. The van der Waals surface area contributed by atoms with Crippen LogP contribution in [0.25, 0.3) is 11.5 Å². The van der Waals surface area contributed by atoms with E-state index < -0.39 is 0 Å². The highest BCUT2D eigenvalue weighted by atomic mass is 32.2. The van der Waals surface area contributed by atoms with Crippen molar-refractivity contribution in [2.45, 2.75) is 16.9 Å². The molecule has 3 aromatic rings. The van der Waals surface area contributed by atoms with Crippen molar-refractivity contribution in [2.24, 2.45) is 0 Å². The third-order valence-corrected chi connectivity index (χ3v) is 5.08. The van der Waals surface area contributed by atoms with Crippen molar-refractivity contribution in [1.29, 1.82) is 0 Å². The Morgan fingerprint density at radius 3 is 2.75 bits per heavy atom. The molecule has 0 aliphatic heterocycles. The monoisotopic (exact) mass is 303 g/mol. The quantitative estimate of drug-likeness (QED) is 0.738. The minimum Gasteiger partial charge on any atom is -0.444 e. The summed E-state index contributed by atoms with van der Waals surface area (Å²) >= 11 is 3.19. The van der Waals surface area contributed by atoms with E-state index in [9.17, 15) is 0 Å². The lowest BCUT2D eigenvalue weighted by molar-refractivity contribution is 0.573. The van der Waals surface area contributed by atoms with E-state index in [1.807, 2.05) is 37.3 Å². The largest absolute Gasteiger partial charge is 0.444 e. The van der Waals surface area contributed by atoms with Gasteiger partial charge in [-0.05, 0) is 19.1 Å². The summed E-state index contributed by atoms with van der Waals surface area (Å²) in [6.45, 7) is 1.97. The van der Waals surface area contributed by atoms with E-state index in [1.165, 1.54) is 11.3 Å². The van der Waals surface area contributed by atoms with Gasteiger partial charge in [-0.25, -0.2) is 9.97 Å². The number of thioether (sulfide) groups is 1. The molecule has 6 heteroatoms. The minimum atomic E-state index is 0.607. The van der Waals surface area contributed by atoms with E-state index in [1.54, 1.807) is 18.0 Å². The van der Waals surface area contributed by atoms with Crippen LogP contribution in [0.5, 0.6) is 0 Å². The van der Waals surface area contributed by atoms with Gasteiger partial charge >= 0.3 is 0 Å². The second kappa shape index (κ2) is 5.68. The van der Waals surface area contributed by atoms with Crippen LogP contribution in [0.15, 0.2) is 45.2 Å². The summed E-state index contributed by atoms with van der Waals surface area (Å²) in [5.41, 5.74) is 8.57. The minimum absolute atomic E-state index is 0.607. The molecule has 0 amide bonds. The molecule has 1 aromatic carbocycles. The maximum Gasteiger partial charge on any atom is 0.226 e. The highest BCUT2D eigenvalue weighted by Crippen LogP contribution is 2.33. The molecule has 0 bridgehead atoms. The Morgan fingerprint density at radius 1 is 1.25 bits per heavy atom. The Balaban J connectivity index is 1.70. The molecule has 2 N–H and O–H groups in total. The number of hydrogen-bond acceptors (Lipinski definition) is 6. The lowest BCUT2D eigenvalue weighted by Gasteiger charge is -1.95. The number of nitrogen functional groups attached to an aromatic ring is 1. The van der Waals surface area contributed by atoms with Crippen LogP contribution < -0.4 is 5.73 Å². The van der Waals surface area contributed by atoms with Gasteiger partial charge in [0.1, 0.15) is 6.26 Å². The summed E-state index contributed by atoms with van der Waals surface area (Å²) in [7, 11) is 0. The van der Waals surface area contributed by atoms with Gasteiger partial charge in [0.15, 0.2) is 5.13 Å². The van der Waals surface area contributed by atoms with E-state index in [4.69, 9.17) is 10.2 Å². The molecule has 2 aromatic heterocycles. The summed E-state index contributed by atoms with van der Waals surface area (Å²) in [5.74, 6) is 1.40. The van der Waals surface area contributed by atoms with Crippen molar-refractivity contribution in [3.8, 4) is 11.5 Å². The van der Waals surface area contributed by atoms with Gasteiger partial charge in [0.05, 0.1) is 15.6 Å². The van der Waals surface area contributed by atoms with Crippen molar-refractivity contribution in [1.82, 2.24) is 9.97 Å². The van der Waals surface area contributed by atoms with Crippen LogP contribution in [0, 0.1) is 6.92 Å². The van der Waals surface area contributed by atoms with Crippen LogP contribution in [0.2, 0.25) is 0 Å². The number of hydrogen-bond donors (Lipinski definition) is 1. The normalized spacial score (nSPS) is 10.8. The molecule has 0 fully saturated rings. The summed E-state index contributed by atoms with van der Waals surface area (Å²) in [5, 5.41) is 0.607. The van der Waals surface area contributed by atoms with Crippen molar-refractivity contribution >= 4 is 28.2 Å². The van der Waals surface area contributed by atoms with E-state index in [0.29, 0.717) is 11.0 Å². The molecule has 0 saturated heterocycles. The fraction of sp³-hybridized carbons (Fsp3) is 0.143. The second-order valence-electron chi connectivity index (χ2n) is 4.22. The highest BCUT2D eigenvalue weighted by Gasteiger charge is 2.10. The molecule has 4 nitrogen and oxygen atoms in total. The third-order valence-electron chi connectivity index (χ3n) is 2.69. The van der Waals surface area contributed by atoms with Gasteiger partial charge in [0.2, 0.25) is 5.89 Å². The first-order valence-electron chi connectivity index (χ1n) is 6.08. The molecule has 2 heterocycles. The second-order valence-corrected chi connectivity index (χ2v) is 6.50. The smallest absolute Gasteiger partial charge is 0.226 e. The van der Waals surface area contributed by atoms with Crippen LogP contribution in [0.3, 0.4) is 0 Å². The van der Waals surface area contributed by atoms with Crippen LogP contribution in [-0.2, 0) is 5.75 Å². The summed E-state index contributed by atoms with van der Waals surface area (Å²) in [6, 6.07) is 9.88. The van der Waals surface area contributed by atoms with Crippen molar-refractivity contribution < 1.29 is 4.42 Å². The zero-order valence-electron chi connectivity index (χ0n) is 10.9. The maximum atomic E-state index is 5.69. The Labute approximate surface area is 125 Å². The number of anilines is 1. The first-order valence-corrected chi connectivity index (χ1v) is 7.88. The average Bonchev–Trinajstić information content (AvgIpc) is 3.04. The Bertz CT molecular complexity index is 706. The van der Waals surface area contributed by atoms with E-state index in [-0.39, 0.29) is 0 Å². The third kappa shape index (κ3) is 2.86. The molecule has 0 atom stereocenters. The molecular formula is C14H13N3OS2. The summed E-state index contributed by atoms with van der Waals surface area (Å²) in [4.78, 5) is 8.71. The molecule has 0 spiro atoms. The zero-order chi connectivity index (χ0) is 13.9. The van der Waals surface area contributed by atoms with E-state index in [0.717, 1.165) is 26.9 Å². The van der Waals surface area contributed by atoms with Gasteiger partial charge in [-0.3, -0.25) is 0 Å². The molecule has 0 saturated carbocycles. The molecule has 0 aliphatic rings. The number of nitrogens with zero attached hydrogens (tertiary/aromatic N) is 2. The van der Waals surface area contributed by atoms with Crippen molar-refractivity contribution in [3.05, 3.63) is 48.0 Å². The lowest BCUT2D eigenvalue weighted by atomic mass is 10.2. The topological polar surface area (TPSA) is 64.9 Å². The molecular weight excluding hydrogens is 290 g/mol. The van der Waals surface area contributed by atoms with Gasteiger partial charge in [0.25, 0.3) is 0 Å². The van der Waals surface area contributed by atoms with Crippen molar-refractivity contribution in [3.63, 3.8) is 0 Å². The highest BCUT2D eigenvalue weighted by molar-refractivity contribution is 8.00. The van der Waals surface area contributed by atoms with E-state index in [2.05, 4.69) is 9.97 Å². The number of aromatic nitrogens is 2. The molecule has 0 unspecified atom stereocenters. The first-order chi connectivity index (χ1) is 9.72.